The van der Waals surface area contributed by atoms with Crippen LogP contribution in [0.1, 0.15) is 36.8 Å². The standard InChI is InChI=1S/C15H18N2O2S.C7H8S/c18-13-15(17-14(19)16-13)9-5-4-8-12(15)20-10-11-6-2-1-3-7-11;8-6-7-4-2-1-3-5-7/h1-3,6-7,12H,4-5,8-10H2,(H2,16,17,18,19);1-5,8H,6H2. The molecule has 28 heavy (non-hydrogen) atoms. The molecule has 3 amide bonds. The van der Waals surface area contributed by atoms with Gasteiger partial charge in [-0.3, -0.25) is 10.1 Å². The van der Waals surface area contributed by atoms with Crippen molar-refractivity contribution in [2.24, 2.45) is 0 Å². The van der Waals surface area contributed by atoms with E-state index in [9.17, 15) is 9.59 Å². The maximum absolute atomic E-state index is 12.2. The van der Waals surface area contributed by atoms with Crippen LogP contribution in [0.5, 0.6) is 0 Å². The molecule has 0 aromatic heterocycles. The first-order valence-corrected chi connectivity index (χ1v) is 11.3. The highest BCUT2D eigenvalue weighted by Gasteiger charge is 2.52. The van der Waals surface area contributed by atoms with Crippen LogP contribution < -0.4 is 10.6 Å². The summed E-state index contributed by atoms with van der Waals surface area (Å²) in [6.07, 6.45) is 3.84. The van der Waals surface area contributed by atoms with Crippen LogP contribution in [0.3, 0.4) is 0 Å². The number of thiol groups is 1. The van der Waals surface area contributed by atoms with Gasteiger partial charge in [-0.2, -0.15) is 24.4 Å². The second-order valence-electron chi connectivity index (χ2n) is 7.05. The number of rotatable bonds is 4. The van der Waals surface area contributed by atoms with Gasteiger partial charge in [0.05, 0.1) is 0 Å². The van der Waals surface area contributed by atoms with Crippen LogP contribution in [-0.4, -0.2) is 22.7 Å². The minimum absolute atomic E-state index is 0.146. The predicted molar refractivity (Wildman–Crippen MR) is 119 cm³/mol. The number of amides is 3. The fraction of sp³-hybridized carbons (Fsp3) is 0.364. The van der Waals surface area contributed by atoms with Crippen molar-refractivity contribution in [1.29, 1.82) is 0 Å². The lowest BCUT2D eigenvalue weighted by molar-refractivity contribution is -0.124. The molecule has 6 heteroatoms. The molecule has 1 aliphatic carbocycles. The third-order valence-corrected chi connectivity index (χ3v) is 7.03. The number of carbonyl (C=O) groups excluding carboxylic acids is 2. The quantitative estimate of drug-likeness (QED) is 0.508. The molecule has 2 unspecified atom stereocenters. The number of nitrogens with one attached hydrogen (secondary N) is 2. The first-order chi connectivity index (χ1) is 13.6. The number of hydrogen-bond donors (Lipinski definition) is 3. The molecule has 1 saturated carbocycles. The summed E-state index contributed by atoms with van der Waals surface area (Å²) in [5.41, 5.74) is 1.84. The molecule has 148 valence electrons. The average molecular weight is 415 g/mol. The van der Waals surface area contributed by atoms with Gasteiger partial charge in [-0.05, 0) is 24.0 Å². The van der Waals surface area contributed by atoms with E-state index in [1.165, 1.54) is 11.1 Å². The van der Waals surface area contributed by atoms with Crippen molar-refractivity contribution >= 4 is 36.3 Å². The van der Waals surface area contributed by atoms with Crippen LogP contribution in [-0.2, 0) is 16.3 Å². The Balaban J connectivity index is 0.000000236. The van der Waals surface area contributed by atoms with Crippen molar-refractivity contribution < 1.29 is 9.59 Å². The number of imide groups is 1. The zero-order valence-corrected chi connectivity index (χ0v) is 17.5. The van der Waals surface area contributed by atoms with E-state index in [0.717, 1.165) is 37.2 Å². The third-order valence-electron chi connectivity index (χ3n) is 5.13. The zero-order chi connectivity index (χ0) is 19.8. The smallest absolute Gasteiger partial charge is 0.322 e. The first kappa shape index (κ1) is 20.8. The van der Waals surface area contributed by atoms with E-state index in [1.807, 2.05) is 36.4 Å². The average Bonchev–Trinajstić information content (AvgIpc) is 3.02. The summed E-state index contributed by atoms with van der Waals surface area (Å²) in [5, 5.41) is 5.44. The number of carbonyl (C=O) groups is 2. The lowest BCUT2D eigenvalue weighted by Crippen LogP contribution is -2.56. The molecule has 2 aromatic carbocycles. The Morgan fingerprint density at radius 3 is 2.14 bits per heavy atom. The molecule has 2 fully saturated rings. The molecule has 4 rings (SSSR count). The predicted octanol–water partition coefficient (Wildman–Crippen LogP) is 4.56. The molecule has 2 N–H and O–H groups in total. The van der Waals surface area contributed by atoms with Crippen molar-refractivity contribution in [1.82, 2.24) is 10.6 Å². The van der Waals surface area contributed by atoms with Crippen molar-refractivity contribution in [3.63, 3.8) is 0 Å². The van der Waals surface area contributed by atoms with Crippen LogP contribution in [0.15, 0.2) is 60.7 Å². The van der Waals surface area contributed by atoms with Crippen LogP contribution in [0.2, 0.25) is 0 Å². The van der Waals surface area contributed by atoms with E-state index < -0.39 is 5.54 Å². The molecule has 1 saturated heterocycles. The van der Waals surface area contributed by atoms with Gasteiger partial charge in [0.1, 0.15) is 5.54 Å². The molecule has 0 bridgehead atoms. The van der Waals surface area contributed by atoms with Crippen molar-refractivity contribution in [2.45, 2.75) is 48.0 Å². The Bertz CT molecular complexity index is 786. The molecule has 1 aliphatic heterocycles. The van der Waals surface area contributed by atoms with Gasteiger partial charge in [-0.15, -0.1) is 0 Å². The van der Waals surface area contributed by atoms with E-state index in [1.54, 1.807) is 11.8 Å². The number of thioether (sulfide) groups is 1. The largest absolute Gasteiger partial charge is 0.322 e. The number of benzene rings is 2. The summed E-state index contributed by atoms with van der Waals surface area (Å²) >= 11 is 5.89. The minimum atomic E-state index is -0.686. The molecule has 4 nitrogen and oxygen atoms in total. The number of urea groups is 1. The molecular weight excluding hydrogens is 388 g/mol. The fourth-order valence-corrected chi connectivity index (χ4v) is 5.33. The third kappa shape index (κ3) is 5.11. The van der Waals surface area contributed by atoms with E-state index in [-0.39, 0.29) is 17.2 Å². The van der Waals surface area contributed by atoms with Gasteiger partial charge < -0.3 is 5.32 Å². The minimum Gasteiger partial charge on any atom is -0.322 e. The summed E-state index contributed by atoms with van der Waals surface area (Å²) in [5.74, 6) is 1.56. The van der Waals surface area contributed by atoms with Gasteiger partial charge in [0.15, 0.2) is 0 Å². The first-order valence-electron chi connectivity index (χ1n) is 9.58. The van der Waals surface area contributed by atoms with Crippen molar-refractivity contribution in [3.05, 3.63) is 71.8 Å². The Morgan fingerprint density at radius 2 is 1.61 bits per heavy atom. The second-order valence-corrected chi connectivity index (χ2v) is 8.56. The Labute approximate surface area is 176 Å². The summed E-state index contributed by atoms with van der Waals surface area (Å²) < 4.78 is 0. The topological polar surface area (TPSA) is 58.2 Å². The molecule has 2 aromatic rings. The Kier molecular flexibility index (Phi) is 7.45. The molecule has 0 radical (unpaired) electrons. The van der Waals surface area contributed by atoms with E-state index in [0.29, 0.717) is 0 Å². The highest BCUT2D eigenvalue weighted by Crippen LogP contribution is 2.39. The molecule has 1 heterocycles. The van der Waals surface area contributed by atoms with E-state index >= 15 is 0 Å². The van der Waals surface area contributed by atoms with Crippen LogP contribution in [0.4, 0.5) is 4.79 Å². The SMILES string of the molecule is O=C1NC(=O)C2(CCCCC2SCc2ccccc2)N1.SCc1ccccc1. The lowest BCUT2D eigenvalue weighted by atomic mass is 9.81. The van der Waals surface area contributed by atoms with Crippen LogP contribution >= 0.6 is 24.4 Å². The summed E-state index contributed by atoms with van der Waals surface area (Å²) in [6.45, 7) is 0. The second kappa shape index (κ2) is 10.0. The Morgan fingerprint density at radius 1 is 0.964 bits per heavy atom. The van der Waals surface area contributed by atoms with Gasteiger partial charge in [0.25, 0.3) is 5.91 Å². The molecule has 1 spiro atoms. The lowest BCUT2D eigenvalue weighted by Gasteiger charge is -2.38. The maximum atomic E-state index is 12.2. The molecule has 2 atom stereocenters. The van der Waals surface area contributed by atoms with E-state index in [4.69, 9.17) is 0 Å². The van der Waals surface area contributed by atoms with Gasteiger partial charge in [-0.25, -0.2) is 4.79 Å². The molecule has 2 aliphatic rings. The Hall–Kier alpha value is -1.92. The summed E-state index contributed by atoms with van der Waals surface area (Å²) in [7, 11) is 0. The van der Waals surface area contributed by atoms with Crippen molar-refractivity contribution in [3.8, 4) is 0 Å². The van der Waals surface area contributed by atoms with Gasteiger partial charge >= 0.3 is 6.03 Å². The fourth-order valence-electron chi connectivity index (χ4n) is 3.63. The zero-order valence-electron chi connectivity index (χ0n) is 15.8. The van der Waals surface area contributed by atoms with Crippen molar-refractivity contribution in [2.75, 3.05) is 0 Å². The monoisotopic (exact) mass is 414 g/mol. The summed E-state index contributed by atoms with van der Waals surface area (Å²) in [6, 6.07) is 20.1. The number of hydrogen-bond acceptors (Lipinski definition) is 4. The van der Waals surface area contributed by atoms with Gasteiger partial charge in [-0.1, -0.05) is 73.5 Å². The molecular formula is C22H26N2O2S2. The van der Waals surface area contributed by atoms with Crippen LogP contribution in [0, 0.1) is 0 Å². The van der Waals surface area contributed by atoms with E-state index in [2.05, 4.69) is 47.5 Å². The summed E-state index contributed by atoms with van der Waals surface area (Å²) in [4.78, 5) is 23.7. The highest BCUT2D eigenvalue weighted by atomic mass is 32.2. The normalized spacial score (nSPS) is 23.5. The van der Waals surface area contributed by atoms with Gasteiger partial charge in [0.2, 0.25) is 0 Å². The van der Waals surface area contributed by atoms with Crippen LogP contribution in [0.25, 0.3) is 0 Å². The van der Waals surface area contributed by atoms with Gasteiger partial charge in [0, 0.05) is 16.8 Å². The maximum Gasteiger partial charge on any atom is 0.322 e. The highest BCUT2D eigenvalue weighted by molar-refractivity contribution is 7.99.